The van der Waals surface area contributed by atoms with Crippen LogP contribution in [0.1, 0.15) is 32.0 Å². The number of hydrogen-bond acceptors (Lipinski definition) is 6. The lowest BCUT2D eigenvalue weighted by Crippen LogP contribution is -2.44. The Morgan fingerprint density at radius 3 is 2.39 bits per heavy atom. The second-order valence-corrected chi connectivity index (χ2v) is 11.9. The molecule has 0 spiro atoms. The van der Waals surface area contributed by atoms with Crippen LogP contribution in [0.25, 0.3) is 44.3 Å². The van der Waals surface area contributed by atoms with Crippen molar-refractivity contribution >= 4 is 45.8 Å². The predicted octanol–water partition coefficient (Wildman–Crippen LogP) is 7.83. The van der Waals surface area contributed by atoms with Crippen LogP contribution < -0.4 is 5.32 Å². The average molecular weight is 569 g/mol. The Morgan fingerprint density at radius 1 is 0.951 bits per heavy atom. The Labute approximate surface area is 242 Å². The summed E-state index contributed by atoms with van der Waals surface area (Å²) in [5.74, 6) is -0.274. The predicted molar refractivity (Wildman–Crippen MR) is 164 cm³/mol. The lowest BCUT2D eigenvalue weighted by molar-refractivity contribution is -0.138. The summed E-state index contributed by atoms with van der Waals surface area (Å²) in [6.45, 7) is 7.20. The number of thioether (sulfide) groups is 1. The molecule has 0 bridgehead atoms. The highest BCUT2D eigenvalue weighted by atomic mass is 32.2. The molecular formula is C33H32N2O5S. The van der Waals surface area contributed by atoms with Crippen molar-refractivity contribution in [3.63, 3.8) is 0 Å². The lowest BCUT2D eigenvalue weighted by atomic mass is 10.00. The molecule has 0 aliphatic rings. The molecule has 8 heteroatoms. The van der Waals surface area contributed by atoms with Crippen LogP contribution in [0.5, 0.6) is 0 Å². The summed E-state index contributed by atoms with van der Waals surface area (Å²) in [7, 11) is 0. The lowest BCUT2D eigenvalue weighted by Gasteiger charge is -2.21. The van der Waals surface area contributed by atoms with Crippen molar-refractivity contribution < 1.29 is 23.8 Å². The second-order valence-electron chi connectivity index (χ2n) is 10.9. The summed E-state index contributed by atoms with van der Waals surface area (Å²) in [5, 5.41) is 14.1. The first-order valence-electron chi connectivity index (χ1n) is 13.4. The number of carboxylic acids is 1. The standard InChI is InChI=1S/C33H32N2O5S/c1-20-23(25-9-7-10-26-24-8-5-6-11-29(24)39-30(25)26)16-17-27(34-20)22-14-12-21(13-15-22)18-41-19-28(31(36)37)35-32(38)40-33(2,3)4/h5-17,28H,18-19H2,1-4H3,(H,35,38)(H,36,37)/t28-/m0/s1. The zero-order valence-electron chi connectivity index (χ0n) is 23.4. The topological polar surface area (TPSA) is 102 Å². The van der Waals surface area contributed by atoms with E-state index in [0.29, 0.717) is 5.75 Å². The Morgan fingerprint density at radius 2 is 1.68 bits per heavy atom. The minimum Gasteiger partial charge on any atom is -0.480 e. The number of carbonyl (C=O) groups is 2. The van der Waals surface area contributed by atoms with Crippen LogP contribution in [0.15, 0.2) is 83.3 Å². The number of pyridine rings is 1. The number of alkyl carbamates (subject to hydrolysis) is 1. The zero-order chi connectivity index (χ0) is 29.1. The largest absolute Gasteiger partial charge is 0.480 e. The van der Waals surface area contributed by atoms with Crippen molar-refractivity contribution in [2.45, 2.75) is 45.1 Å². The number of amides is 1. The molecule has 2 aromatic heterocycles. The summed E-state index contributed by atoms with van der Waals surface area (Å²) in [6.07, 6.45) is -0.738. The van der Waals surface area contributed by atoms with Gasteiger partial charge < -0.3 is 19.6 Å². The third kappa shape index (κ3) is 6.55. The van der Waals surface area contributed by atoms with Crippen LogP contribution in [-0.4, -0.2) is 39.5 Å². The van der Waals surface area contributed by atoms with Crippen molar-refractivity contribution in [1.29, 1.82) is 0 Å². The average Bonchev–Trinajstić information content (AvgIpc) is 3.31. The number of furan rings is 1. The smallest absolute Gasteiger partial charge is 0.408 e. The first-order valence-corrected chi connectivity index (χ1v) is 14.5. The van der Waals surface area contributed by atoms with Crippen molar-refractivity contribution in [2.24, 2.45) is 0 Å². The maximum Gasteiger partial charge on any atom is 0.408 e. The molecule has 7 nitrogen and oxygen atoms in total. The third-order valence-corrected chi connectivity index (χ3v) is 7.68. The molecular weight excluding hydrogens is 536 g/mol. The van der Waals surface area contributed by atoms with Crippen LogP contribution >= 0.6 is 11.8 Å². The van der Waals surface area contributed by atoms with Crippen LogP contribution in [0.2, 0.25) is 0 Å². The van der Waals surface area contributed by atoms with Crippen LogP contribution in [0.3, 0.4) is 0 Å². The van der Waals surface area contributed by atoms with Gasteiger partial charge in [-0.05, 0) is 45.4 Å². The number of nitrogens with zero attached hydrogens (tertiary/aromatic N) is 1. The highest BCUT2D eigenvalue weighted by Crippen LogP contribution is 2.37. The van der Waals surface area contributed by atoms with Gasteiger partial charge in [-0.25, -0.2) is 9.59 Å². The van der Waals surface area contributed by atoms with Gasteiger partial charge in [-0.15, -0.1) is 0 Å². The zero-order valence-corrected chi connectivity index (χ0v) is 24.2. The first kappa shape index (κ1) is 28.2. The van der Waals surface area contributed by atoms with E-state index < -0.39 is 23.7 Å². The van der Waals surface area contributed by atoms with Gasteiger partial charge >= 0.3 is 12.1 Å². The van der Waals surface area contributed by atoms with E-state index in [1.807, 2.05) is 55.5 Å². The van der Waals surface area contributed by atoms with Gasteiger partial charge in [-0.2, -0.15) is 11.8 Å². The Hall–Kier alpha value is -4.30. The fraction of sp³-hybridized carbons (Fsp3) is 0.242. The number of carbonyl (C=O) groups excluding carboxylic acids is 1. The highest BCUT2D eigenvalue weighted by molar-refractivity contribution is 7.98. The van der Waals surface area contributed by atoms with E-state index in [9.17, 15) is 14.7 Å². The van der Waals surface area contributed by atoms with Gasteiger partial charge in [0.2, 0.25) is 0 Å². The number of aliphatic carboxylic acids is 1. The minimum absolute atomic E-state index is 0.219. The monoisotopic (exact) mass is 568 g/mol. The molecule has 1 amide bonds. The summed E-state index contributed by atoms with van der Waals surface area (Å²) >= 11 is 1.43. The normalized spacial score (nSPS) is 12.4. The van der Waals surface area contributed by atoms with Crippen molar-refractivity contribution in [1.82, 2.24) is 10.3 Å². The Bertz CT molecular complexity index is 1720. The van der Waals surface area contributed by atoms with Gasteiger partial charge in [0.15, 0.2) is 0 Å². The van der Waals surface area contributed by atoms with E-state index in [1.165, 1.54) is 11.8 Å². The summed E-state index contributed by atoms with van der Waals surface area (Å²) in [4.78, 5) is 28.5. The number of nitrogens with one attached hydrogen (secondary N) is 1. The van der Waals surface area contributed by atoms with E-state index in [1.54, 1.807) is 20.8 Å². The van der Waals surface area contributed by atoms with Gasteiger partial charge in [0, 0.05) is 44.7 Å². The van der Waals surface area contributed by atoms with E-state index >= 15 is 0 Å². The minimum atomic E-state index is -1.10. The molecule has 0 fully saturated rings. The number of carboxylic acid groups (broad SMARTS) is 1. The van der Waals surface area contributed by atoms with Crippen LogP contribution in [0.4, 0.5) is 4.79 Å². The molecule has 0 saturated carbocycles. The number of aryl methyl sites for hydroxylation is 1. The maximum absolute atomic E-state index is 12.0. The summed E-state index contributed by atoms with van der Waals surface area (Å²) < 4.78 is 11.4. The highest BCUT2D eigenvalue weighted by Gasteiger charge is 2.24. The van der Waals surface area contributed by atoms with Gasteiger partial charge in [0.1, 0.15) is 22.8 Å². The van der Waals surface area contributed by atoms with Crippen molar-refractivity contribution in [3.8, 4) is 22.4 Å². The molecule has 5 aromatic rings. The van der Waals surface area contributed by atoms with Gasteiger partial charge in [0.05, 0.1) is 5.69 Å². The molecule has 2 N–H and O–H groups in total. The quantitative estimate of drug-likeness (QED) is 0.197. The van der Waals surface area contributed by atoms with E-state index in [2.05, 4.69) is 35.6 Å². The number of rotatable bonds is 8. The number of para-hydroxylation sites is 2. The fourth-order valence-corrected chi connectivity index (χ4v) is 5.66. The van der Waals surface area contributed by atoms with Crippen molar-refractivity contribution in [2.75, 3.05) is 5.75 Å². The number of fused-ring (bicyclic) bond motifs is 3. The Balaban J connectivity index is 1.26. The molecule has 210 valence electrons. The molecule has 0 saturated heterocycles. The molecule has 0 unspecified atom stereocenters. The third-order valence-electron chi connectivity index (χ3n) is 6.57. The maximum atomic E-state index is 12.0. The molecule has 0 radical (unpaired) electrons. The van der Waals surface area contributed by atoms with E-state index in [0.717, 1.165) is 55.6 Å². The molecule has 2 heterocycles. The molecule has 0 aliphatic carbocycles. The number of hydrogen-bond donors (Lipinski definition) is 2. The van der Waals surface area contributed by atoms with Crippen LogP contribution in [0, 0.1) is 6.92 Å². The molecule has 0 aliphatic heterocycles. The first-order chi connectivity index (χ1) is 19.6. The molecule has 3 aromatic carbocycles. The van der Waals surface area contributed by atoms with Gasteiger partial charge in [-0.3, -0.25) is 4.98 Å². The molecule has 1 atom stereocenters. The molecule has 5 rings (SSSR count). The van der Waals surface area contributed by atoms with Gasteiger partial charge in [-0.1, -0.05) is 66.7 Å². The second kappa shape index (κ2) is 11.7. The summed E-state index contributed by atoms with van der Waals surface area (Å²) in [5.41, 5.74) is 6.89. The number of benzene rings is 3. The van der Waals surface area contributed by atoms with Crippen molar-refractivity contribution in [3.05, 3.63) is 90.1 Å². The number of ether oxygens (including phenoxy) is 1. The summed E-state index contributed by atoms with van der Waals surface area (Å²) in [6, 6.07) is 25.4. The van der Waals surface area contributed by atoms with E-state index in [-0.39, 0.29) is 5.75 Å². The van der Waals surface area contributed by atoms with Gasteiger partial charge in [0.25, 0.3) is 0 Å². The number of aromatic nitrogens is 1. The van der Waals surface area contributed by atoms with E-state index in [4.69, 9.17) is 14.1 Å². The van der Waals surface area contributed by atoms with Crippen LogP contribution in [-0.2, 0) is 15.3 Å². The molecule has 41 heavy (non-hydrogen) atoms. The SMILES string of the molecule is Cc1nc(-c2ccc(CSC[C@H](NC(=O)OC(C)(C)C)C(=O)O)cc2)ccc1-c1cccc2c1oc1ccccc12. The Kier molecular flexibility index (Phi) is 8.03. The fourth-order valence-electron chi connectivity index (χ4n) is 4.66.